The Morgan fingerprint density at radius 2 is 2.10 bits per heavy atom. The van der Waals surface area contributed by atoms with E-state index in [2.05, 4.69) is 21.5 Å². The largest absolute Gasteiger partial charge is 0.451 e. The molecule has 5 rings (SSSR count). The van der Waals surface area contributed by atoms with Crippen molar-refractivity contribution in [3.05, 3.63) is 49.6 Å². The molecule has 3 aromatic rings. The Balaban J connectivity index is 1.42. The molecule has 0 aliphatic heterocycles. The molecule has 0 spiro atoms. The van der Waals surface area contributed by atoms with Crippen LogP contribution in [0.4, 0.5) is 0 Å². The number of nitrogens with one attached hydrogen (secondary N) is 1. The highest BCUT2D eigenvalue weighted by molar-refractivity contribution is 7.18. The fraction of sp³-hybridized carbons (Fsp3) is 0.522. The number of esters is 1. The Hall–Kier alpha value is -2.41. The van der Waals surface area contributed by atoms with Crippen molar-refractivity contribution in [1.82, 2.24) is 14.5 Å². The van der Waals surface area contributed by atoms with Gasteiger partial charge in [-0.15, -0.1) is 11.3 Å². The maximum atomic E-state index is 12.8. The predicted molar refractivity (Wildman–Crippen MR) is 117 cm³/mol. The Morgan fingerprint density at radius 1 is 1.33 bits per heavy atom. The summed E-state index contributed by atoms with van der Waals surface area (Å²) in [6.07, 6.45) is 4.74. The van der Waals surface area contributed by atoms with E-state index >= 15 is 0 Å². The van der Waals surface area contributed by atoms with Crippen LogP contribution in [0.15, 0.2) is 10.9 Å². The Kier molecular flexibility index (Phi) is 4.61. The highest BCUT2D eigenvalue weighted by Crippen LogP contribution is 2.39. The number of fused-ring (bicyclic) bond motifs is 3. The van der Waals surface area contributed by atoms with E-state index < -0.39 is 6.10 Å². The van der Waals surface area contributed by atoms with Gasteiger partial charge in [-0.3, -0.25) is 4.79 Å². The van der Waals surface area contributed by atoms with Gasteiger partial charge in [0.05, 0.1) is 10.9 Å². The van der Waals surface area contributed by atoms with E-state index in [-0.39, 0.29) is 11.5 Å². The molecular weight excluding hydrogens is 398 g/mol. The molecule has 0 amide bonds. The molecule has 7 heteroatoms. The average Bonchev–Trinajstić information content (AvgIpc) is 3.37. The third-order valence-corrected chi connectivity index (χ3v) is 7.62. The van der Waals surface area contributed by atoms with E-state index in [1.54, 1.807) is 18.3 Å². The average molecular weight is 426 g/mol. The van der Waals surface area contributed by atoms with Crippen LogP contribution in [0, 0.1) is 19.8 Å². The number of aromatic amines is 1. The molecular formula is C23H27N3O3S. The van der Waals surface area contributed by atoms with Gasteiger partial charge in [-0.25, -0.2) is 9.78 Å². The molecule has 3 heterocycles. The summed E-state index contributed by atoms with van der Waals surface area (Å²) in [5, 5.41) is 0.720. The topological polar surface area (TPSA) is 77.0 Å². The van der Waals surface area contributed by atoms with Crippen LogP contribution in [0.25, 0.3) is 10.2 Å². The zero-order valence-corrected chi connectivity index (χ0v) is 18.7. The molecule has 2 aliphatic carbocycles. The number of aryl methyl sites for hydroxylation is 2. The van der Waals surface area contributed by atoms with Crippen molar-refractivity contribution in [1.29, 1.82) is 0 Å². The van der Waals surface area contributed by atoms with Crippen LogP contribution in [-0.2, 0) is 17.6 Å². The predicted octanol–water partition coefficient (Wildman–Crippen LogP) is 4.78. The van der Waals surface area contributed by atoms with Crippen LogP contribution in [-0.4, -0.2) is 20.5 Å². The van der Waals surface area contributed by atoms with Gasteiger partial charge in [0.1, 0.15) is 4.83 Å². The second-order valence-electron chi connectivity index (χ2n) is 8.92. The molecule has 2 aliphatic rings. The molecule has 0 radical (unpaired) electrons. The summed E-state index contributed by atoms with van der Waals surface area (Å²) >= 11 is 1.61. The van der Waals surface area contributed by atoms with Crippen molar-refractivity contribution in [2.45, 2.75) is 71.9 Å². The maximum absolute atomic E-state index is 12.8. The van der Waals surface area contributed by atoms with E-state index in [9.17, 15) is 9.59 Å². The Labute approximate surface area is 179 Å². The lowest BCUT2D eigenvalue weighted by Crippen LogP contribution is -2.18. The number of ether oxygens (including phenoxy) is 1. The van der Waals surface area contributed by atoms with Gasteiger partial charge >= 0.3 is 5.97 Å². The summed E-state index contributed by atoms with van der Waals surface area (Å²) in [6.45, 7) is 8.00. The van der Waals surface area contributed by atoms with Crippen molar-refractivity contribution in [2.75, 3.05) is 0 Å². The van der Waals surface area contributed by atoms with Gasteiger partial charge in [-0.1, -0.05) is 6.92 Å². The van der Waals surface area contributed by atoms with E-state index in [0.717, 1.165) is 59.3 Å². The highest BCUT2D eigenvalue weighted by Gasteiger charge is 2.30. The minimum atomic E-state index is -0.628. The number of hydrogen-bond acceptors (Lipinski definition) is 5. The third kappa shape index (κ3) is 3.20. The fourth-order valence-corrected chi connectivity index (χ4v) is 6.11. The number of hydrogen-bond donors (Lipinski definition) is 1. The van der Waals surface area contributed by atoms with Gasteiger partial charge in [-0.2, -0.15) is 0 Å². The van der Waals surface area contributed by atoms with E-state index in [1.807, 2.05) is 19.9 Å². The van der Waals surface area contributed by atoms with E-state index in [4.69, 9.17) is 4.74 Å². The highest BCUT2D eigenvalue weighted by atomic mass is 32.1. The summed E-state index contributed by atoms with van der Waals surface area (Å²) in [6, 6.07) is 2.41. The van der Waals surface area contributed by atoms with Crippen LogP contribution in [0.1, 0.15) is 83.3 Å². The van der Waals surface area contributed by atoms with Crippen LogP contribution in [0.2, 0.25) is 0 Å². The smallest absolute Gasteiger partial charge is 0.340 e. The second-order valence-corrected chi connectivity index (χ2v) is 10.0. The fourth-order valence-electron chi connectivity index (χ4n) is 4.72. The lowest BCUT2D eigenvalue weighted by atomic mass is 9.89. The second kappa shape index (κ2) is 7.08. The number of aromatic nitrogens is 3. The molecule has 158 valence electrons. The van der Waals surface area contributed by atoms with Gasteiger partial charge in [0.2, 0.25) is 0 Å². The monoisotopic (exact) mass is 425 g/mol. The first kappa shape index (κ1) is 19.5. The normalized spacial score (nSPS) is 19.7. The molecule has 1 fully saturated rings. The van der Waals surface area contributed by atoms with Crippen molar-refractivity contribution in [3.8, 4) is 0 Å². The molecule has 30 heavy (non-hydrogen) atoms. The molecule has 0 saturated heterocycles. The molecule has 2 atom stereocenters. The third-order valence-electron chi connectivity index (χ3n) is 6.47. The van der Waals surface area contributed by atoms with Crippen LogP contribution >= 0.6 is 11.3 Å². The van der Waals surface area contributed by atoms with Gasteiger partial charge in [-0.05, 0) is 70.4 Å². The van der Waals surface area contributed by atoms with Crippen LogP contribution in [0.3, 0.4) is 0 Å². The molecule has 0 aromatic carbocycles. The van der Waals surface area contributed by atoms with Crippen molar-refractivity contribution >= 4 is 27.5 Å². The molecule has 6 nitrogen and oxygen atoms in total. The van der Waals surface area contributed by atoms with Gasteiger partial charge in [0, 0.05) is 22.3 Å². The van der Waals surface area contributed by atoms with Crippen molar-refractivity contribution < 1.29 is 9.53 Å². The van der Waals surface area contributed by atoms with Crippen molar-refractivity contribution in [2.24, 2.45) is 5.92 Å². The summed E-state index contributed by atoms with van der Waals surface area (Å²) < 4.78 is 7.94. The van der Waals surface area contributed by atoms with Gasteiger partial charge in [0.15, 0.2) is 11.9 Å². The maximum Gasteiger partial charge on any atom is 0.340 e. The summed E-state index contributed by atoms with van der Waals surface area (Å²) in [5.74, 6) is 0.673. The van der Waals surface area contributed by atoms with Gasteiger partial charge < -0.3 is 14.3 Å². The number of carbonyl (C=O) groups is 1. The molecule has 0 unspecified atom stereocenters. The number of H-pyrrole nitrogens is 1. The Morgan fingerprint density at radius 3 is 2.83 bits per heavy atom. The molecule has 1 saturated carbocycles. The minimum Gasteiger partial charge on any atom is -0.451 e. The van der Waals surface area contributed by atoms with Crippen molar-refractivity contribution in [3.63, 3.8) is 0 Å². The zero-order chi connectivity index (χ0) is 21.2. The summed E-state index contributed by atoms with van der Waals surface area (Å²) in [4.78, 5) is 35.2. The summed E-state index contributed by atoms with van der Waals surface area (Å²) in [7, 11) is 0. The number of thiophene rings is 1. The van der Waals surface area contributed by atoms with E-state index in [1.165, 1.54) is 4.88 Å². The first-order valence-electron chi connectivity index (χ1n) is 10.8. The van der Waals surface area contributed by atoms with Crippen LogP contribution < -0.4 is 5.56 Å². The number of rotatable bonds is 4. The van der Waals surface area contributed by atoms with Gasteiger partial charge in [0.25, 0.3) is 5.56 Å². The molecule has 3 aromatic heterocycles. The lowest BCUT2D eigenvalue weighted by molar-refractivity contribution is 0.0319. The zero-order valence-electron chi connectivity index (χ0n) is 17.9. The first-order valence-corrected chi connectivity index (χ1v) is 11.6. The lowest BCUT2D eigenvalue weighted by Gasteiger charge is -2.17. The summed E-state index contributed by atoms with van der Waals surface area (Å²) in [5.41, 5.74) is 3.66. The molecule has 1 N–H and O–H groups in total. The first-order chi connectivity index (χ1) is 14.3. The molecule has 0 bridgehead atoms. The van der Waals surface area contributed by atoms with Crippen LogP contribution in [0.5, 0.6) is 0 Å². The standard InChI is InChI=1S/C23H27N3O3S/c1-11-5-8-16-18(9-11)30-22-19(16)21(27)24-20(25-22)14(4)29-23(28)17-10-12(2)26(13(17)3)15-6-7-15/h10-11,14-15H,5-9H2,1-4H3,(H,24,25,27)/t11-,14-/m1/s1. The SMILES string of the molecule is Cc1cc(C(=O)O[C@H](C)c2nc3sc4c(c3c(=O)[nH]2)CC[C@@H](C)C4)c(C)n1C1CC1. The number of nitrogens with zero attached hydrogens (tertiary/aromatic N) is 2. The quantitative estimate of drug-likeness (QED) is 0.610. The Bertz CT molecular complexity index is 1210. The van der Waals surface area contributed by atoms with E-state index in [0.29, 0.717) is 23.3 Å². The number of carbonyl (C=O) groups excluding carboxylic acids is 1. The minimum absolute atomic E-state index is 0.128.